The van der Waals surface area contributed by atoms with E-state index in [1.807, 2.05) is 6.92 Å². The first-order valence-corrected chi connectivity index (χ1v) is 6.35. The molecule has 1 unspecified atom stereocenters. The summed E-state index contributed by atoms with van der Waals surface area (Å²) in [5.74, 6) is -0.271. The van der Waals surface area contributed by atoms with Gasteiger partial charge in [0.1, 0.15) is 10.8 Å². The standard InChI is InChI=1S/C11H10BrFN2S/c1-6(14)10-5-15-11(16-10)7-2-3-9(13)8(12)4-7/h2-6H,14H2,1H3. The van der Waals surface area contributed by atoms with Gasteiger partial charge in [0.05, 0.1) is 4.47 Å². The average Bonchev–Trinajstić information content (AvgIpc) is 2.71. The number of benzene rings is 1. The Kier molecular flexibility index (Phi) is 3.37. The van der Waals surface area contributed by atoms with Gasteiger partial charge in [-0.05, 0) is 41.1 Å². The molecule has 0 amide bonds. The topological polar surface area (TPSA) is 38.9 Å². The molecule has 0 fully saturated rings. The van der Waals surface area contributed by atoms with Crippen LogP contribution in [0, 0.1) is 5.82 Å². The van der Waals surface area contributed by atoms with Crippen molar-refractivity contribution in [3.05, 3.63) is 39.6 Å². The molecule has 0 radical (unpaired) electrons. The molecule has 1 heterocycles. The number of halogens is 2. The van der Waals surface area contributed by atoms with Crippen molar-refractivity contribution in [1.82, 2.24) is 4.98 Å². The van der Waals surface area contributed by atoms with Crippen LogP contribution < -0.4 is 5.73 Å². The Labute approximate surface area is 105 Å². The molecule has 0 aliphatic heterocycles. The lowest BCUT2D eigenvalue weighted by atomic mass is 10.2. The molecular formula is C11H10BrFN2S. The zero-order valence-corrected chi connectivity index (χ0v) is 11.0. The molecule has 1 aromatic heterocycles. The molecule has 2 N–H and O–H groups in total. The quantitative estimate of drug-likeness (QED) is 0.918. The molecule has 16 heavy (non-hydrogen) atoms. The van der Waals surface area contributed by atoms with E-state index >= 15 is 0 Å². The SMILES string of the molecule is CC(N)c1cnc(-c2ccc(F)c(Br)c2)s1. The second kappa shape index (κ2) is 4.61. The first-order chi connectivity index (χ1) is 7.58. The maximum Gasteiger partial charge on any atom is 0.137 e. The molecule has 1 atom stereocenters. The van der Waals surface area contributed by atoms with Crippen molar-refractivity contribution in [1.29, 1.82) is 0 Å². The smallest absolute Gasteiger partial charge is 0.137 e. The zero-order valence-electron chi connectivity index (χ0n) is 8.58. The van der Waals surface area contributed by atoms with Crippen LogP contribution in [-0.2, 0) is 0 Å². The van der Waals surface area contributed by atoms with Crippen LogP contribution in [0.15, 0.2) is 28.9 Å². The van der Waals surface area contributed by atoms with Gasteiger partial charge in [-0.3, -0.25) is 0 Å². The minimum Gasteiger partial charge on any atom is -0.323 e. The molecule has 0 spiro atoms. The summed E-state index contributed by atoms with van der Waals surface area (Å²) in [6.07, 6.45) is 1.77. The summed E-state index contributed by atoms with van der Waals surface area (Å²) in [5.41, 5.74) is 6.65. The fourth-order valence-electron chi connectivity index (χ4n) is 1.26. The lowest BCUT2D eigenvalue weighted by molar-refractivity contribution is 0.621. The van der Waals surface area contributed by atoms with Crippen LogP contribution in [-0.4, -0.2) is 4.98 Å². The Morgan fingerprint density at radius 2 is 2.25 bits per heavy atom. The van der Waals surface area contributed by atoms with Crippen molar-refractivity contribution < 1.29 is 4.39 Å². The van der Waals surface area contributed by atoms with Crippen molar-refractivity contribution >= 4 is 27.3 Å². The van der Waals surface area contributed by atoms with E-state index in [0.29, 0.717) is 4.47 Å². The molecule has 2 rings (SSSR count). The van der Waals surface area contributed by atoms with E-state index in [1.54, 1.807) is 18.3 Å². The Bertz CT molecular complexity index is 510. The summed E-state index contributed by atoms with van der Waals surface area (Å²) >= 11 is 4.69. The van der Waals surface area contributed by atoms with Crippen LogP contribution in [0.4, 0.5) is 4.39 Å². The highest BCUT2D eigenvalue weighted by Crippen LogP contribution is 2.30. The number of thiazole rings is 1. The van der Waals surface area contributed by atoms with E-state index in [9.17, 15) is 4.39 Å². The predicted octanol–water partition coefficient (Wildman–Crippen LogP) is 3.73. The zero-order chi connectivity index (χ0) is 11.7. The van der Waals surface area contributed by atoms with Gasteiger partial charge in [-0.2, -0.15) is 0 Å². The van der Waals surface area contributed by atoms with Gasteiger partial charge in [0.15, 0.2) is 0 Å². The van der Waals surface area contributed by atoms with E-state index in [0.717, 1.165) is 15.4 Å². The van der Waals surface area contributed by atoms with Gasteiger partial charge in [0, 0.05) is 22.7 Å². The fourth-order valence-corrected chi connectivity index (χ4v) is 2.50. The van der Waals surface area contributed by atoms with Gasteiger partial charge >= 0.3 is 0 Å². The molecule has 5 heteroatoms. The maximum atomic E-state index is 13.1. The van der Waals surface area contributed by atoms with Crippen LogP contribution >= 0.6 is 27.3 Å². The van der Waals surface area contributed by atoms with E-state index in [-0.39, 0.29) is 11.9 Å². The first-order valence-electron chi connectivity index (χ1n) is 4.74. The summed E-state index contributed by atoms with van der Waals surface area (Å²) in [6, 6.07) is 4.84. The van der Waals surface area contributed by atoms with Crippen molar-refractivity contribution in [3.8, 4) is 10.6 Å². The van der Waals surface area contributed by atoms with Gasteiger partial charge in [-0.1, -0.05) is 0 Å². The van der Waals surface area contributed by atoms with Crippen molar-refractivity contribution in [2.75, 3.05) is 0 Å². The highest BCUT2D eigenvalue weighted by atomic mass is 79.9. The summed E-state index contributed by atoms with van der Waals surface area (Å²) in [6.45, 7) is 1.91. The molecule has 2 nitrogen and oxygen atoms in total. The van der Waals surface area contributed by atoms with Gasteiger partial charge in [-0.15, -0.1) is 11.3 Å². The van der Waals surface area contributed by atoms with Gasteiger partial charge in [-0.25, -0.2) is 9.37 Å². The number of nitrogens with two attached hydrogens (primary N) is 1. The highest BCUT2D eigenvalue weighted by Gasteiger charge is 2.09. The van der Waals surface area contributed by atoms with E-state index in [2.05, 4.69) is 20.9 Å². The molecule has 0 bridgehead atoms. The second-order valence-electron chi connectivity index (χ2n) is 3.49. The third kappa shape index (κ3) is 2.31. The largest absolute Gasteiger partial charge is 0.323 e. The molecule has 0 aliphatic carbocycles. The Morgan fingerprint density at radius 1 is 1.50 bits per heavy atom. The average molecular weight is 301 g/mol. The minimum absolute atomic E-state index is 0.0184. The lowest BCUT2D eigenvalue weighted by Crippen LogP contribution is -2.01. The highest BCUT2D eigenvalue weighted by molar-refractivity contribution is 9.10. The normalized spacial score (nSPS) is 12.8. The van der Waals surface area contributed by atoms with Gasteiger partial charge < -0.3 is 5.73 Å². The van der Waals surface area contributed by atoms with E-state index in [1.165, 1.54) is 17.4 Å². The summed E-state index contributed by atoms with van der Waals surface area (Å²) < 4.78 is 13.5. The maximum absolute atomic E-state index is 13.1. The third-order valence-electron chi connectivity index (χ3n) is 2.14. The van der Waals surface area contributed by atoms with Crippen molar-refractivity contribution in [3.63, 3.8) is 0 Å². The van der Waals surface area contributed by atoms with Crippen molar-refractivity contribution in [2.24, 2.45) is 5.73 Å². The summed E-state index contributed by atoms with van der Waals surface area (Å²) in [5, 5.41) is 0.855. The number of nitrogens with zero attached hydrogens (tertiary/aromatic N) is 1. The van der Waals surface area contributed by atoms with Gasteiger partial charge in [0.2, 0.25) is 0 Å². The van der Waals surface area contributed by atoms with E-state index < -0.39 is 0 Å². The Morgan fingerprint density at radius 3 is 2.81 bits per heavy atom. The lowest BCUT2D eigenvalue weighted by Gasteiger charge is -1.99. The molecule has 0 aliphatic rings. The van der Waals surface area contributed by atoms with Crippen LogP contribution in [0.5, 0.6) is 0 Å². The third-order valence-corrected chi connectivity index (χ3v) is 3.99. The number of hydrogen-bond acceptors (Lipinski definition) is 3. The monoisotopic (exact) mass is 300 g/mol. The number of hydrogen-bond donors (Lipinski definition) is 1. The number of aromatic nitrogens is 1. The minimum atomic E-state index is -0.271. The number of rotatable bonds is 2. The van der Waals surface area contributed by atoms with Gasteiger partial charge in [0.25, 0.3) is 0 Å². The molecule has 0 saturated carbocycles. The summed E-state index contributed by atoms with van der Waals surface area (Å²) in [7, 11) is 0. The fraction of sp³-hybridized carbons (Fsp3) is 0.182. The van der Waals surface area contributed by atoms with E-state index in [4.69, 9.17) is 5.73 Å². The first kappa shape index (κ1) is 11.7. The second-order valence-corrected chi connectivity index (χ2v) is 5.40. The molecule has 0 saturated heterocycles. The molecule has 1 aromatic carbocycles. The van der Waals surface area contributed by atoms with Crippen molar-refractivity contribution in [2.45, 2.75) is 13.0 Å². The Balaban J connectivity index is 2.39. The molecule has 84 valence electrons. The summed E-state index contributed by atoms with van der Waals surface area (Å²) in [4.78, 5) is 5.30. The van der Waals surface area contributed by atoms with Crippen LogP contribution in [0.2, 0.25) is 0 Å². The molecular weight excluding hydrogens is 291 g/mol. The predicted molar refractivity (Wildman–Crippen MR) is 67.8 cm³/mol. The van der Waals surface area contributed by atoms with Crippen LogP contribution in [0.1, 0.15) is 17.8 Å². The Hall–Kier alpha value is -0.780. The molecule has 2 aromatic rings. The van der Waals surface area contributed by atoms with Crippen LogP contribution in [0.25, 0.3) is 10.6 Å². The van der Waals surface area contributed by atoms with Crippen LogP contribution in [0.3, 0.4) is 0 Å².